The molecule has 0 aromatic heterocycles. The molecule has 0 atom stereocenters. The first-order valence-corrected chi connectivity index (χ1v) is 18.2. The fraction of sp³-hybridized carbons (Fsp3) is 0.523. The average Bonchev–Trinajstić information content (AvgIpc) is 3.06. The fourth-order valence-corrected chi connectivity index (χ4v) is 5.66. The third kappa shape index (κ3) is 17.1. The van der Waals surface area contributed by atoms with Gasteiger partial charge in [-0.15, -0.1) is 0 Å². The molecule has 0 aromatic carbocycles. The summed E-state index contributed by atoms with van der Waals surface area (Å²) in [6, 6.07) is 0. The van der Waals surface area contributed by atoms with Crippen LogP contribution < -0.4 is 0 Å². The highest BCUT2D eigenvalue weighted by molar-refractivity contribution is 6.23. The number of ketones is 2. The van der Waals surface area contributed by atoms with Crippen LogP contribution in [0.5, 0.6) is 0 Å². The van der Waals surface area contributed by atoms with Crippen LogP contribution in [0.3, 0.4) is 0 Å². The van der Waals surface area contributed by atoms with Gasteiger partial charge in [0, 0.05) is 16.7 Å². The van der Waals surface area contributed by atoms with Gasteiger partial charge in [-0.3, -0.25) is 9.59 Å². The molecule has 50 heavy (non-hydrogen) atoms. The van der Waals surface area contributed by atoms with Crippen molar-refractivity contribution in [3.05, 3.63) is 104 Å². The van der Waals surface area contributed by atoms with Crippen molar-refractivity contribution >= 4 is 17.5 Å². The highest BCUT2D eigenvalue weighted by atomic mass is 16.5. The van der Waals surface area contributed by atoms with Crippen LogP contribution in [0.15, 0.2) is 104 Å². The van der Waals surface area contributed by atoms with Crippen molar-refractivity contribution in [2.75, 3.05) is 14.2 Å². The number of carbonyl (C=O) groups is 3. The first kappa shape index (κ1) is 44.1. The Bertz CT molecular complexity index is 1460. The van der Waals surface area contributed by atoms with Crippen molar-refractivity contribution in [3.8, 4) is 0 Å². The maximum absolute atomic E-state index is 12.8. The van der Waals surface area contributed by atoms with Gasteiger partial charge in [0.15, 0.2) is 0 Å². The molecule has 0 fully saturated rings. The molecule has 0 spiro atoms. The molecule has 1 aliphatic carbocycles. The summed E-state index contributed by atoms with van der Waals surface area (Å²) in [5, 5.41) is 8.94. The predicted molar refractivity (Wildman–Crippen MR) is 208 cm³/mol. The quantitative estimate of drug-likeness (QED) is 0.0653. The largest absolute Gasteiger partial charge is 0.489 e. The van der Waals surface area contributed by atoms with E-state index >= 15 is 0 Å². The molecule has 0 bridgehead atoms. The van der Waals surface area contributed by atoms with E-state index in [-0.39, 0.29) is 23.1 Å². The zero-order valence-electron chi connectivity index (χ0n) is 32.7. The number of aliphatic carboxylic acids is 1. The van der Waals surface area contributed by atoms with E-state index in [1.165, 1.54) is 47.7 Å². The minimum Gasteiger partial charge on any atom is -0.489 e. The van der Waals surface area contributed by atoms with Crippen LogP contribution in [0.4, 0.5) is 0 Å². The van der Waals surface area contributed by atoms with Gasteiger partial charge < -0.3 is 14.6 Å². The molecule has 0 heterocycles. The van der Waals surface area contributed by atoms with Gasteiger partial charge >= 0.3 is 5.97 Å². The van der Waals surface area contributed by atoms with Gasteiger partial charge in [0.2, 0.25) is 23.1 Å². The number of Topliss-reactive ketones (excluding diaryl/α,β-unsaturated/α-hetero) is 2. The van der Waals surface area contributed by atoms with Gasteiger partial charge in [-0.05, 0) is 139 Å². The number of carboxylic acids is 1. The summed E-state index contributed by atoms with van der Waals surface area (Å²) in [6.07, 6.45) is 28.0. The van der Waals surface area contributed by atoms with Crippen LogP contribution in [-0.4, -0.2) is 36.9 Å². The minimum absolute atomic E-state index is 0.0153. The van der Waals surface area contributed by atoms with E-state index < -0.39 is 5.97 Å². The van der Waals surface area contributed by atoms with E-state index in [1.807, 2.05) is 6.08 Å². The second kappa shape index (κ2) is 24.3. The molecule has 1 rings (SSSR count). The molecule has 1 N–H and O–H groups in total. The van der Waals surface area contributed by atoms with Crippen molar-refractivity contribution in [1.82, 2.24) is 0 Å². The Balaban J connectivity index is 2.37. The molecular weight excluding hydrogens is 624 g/mol. The minimum atomic E-state index is -0.839. The van der Waals surface area contributed by atoms with Crippen LogP contribution >= 0.6 is 0 Å². The fourth-order valence-electron chi connectivity index (χ4n) is 5.66. The van der Waals surface area contributed by atoms with Crippen LogP contribution in [0.1, 0.15) is 139 Å². The SMILES string of the molecule is COC1=C(OC)C(=O)C(C/C=C(\C)CC/C=C(\C)CC/C=C(\C)CC/C=C(\C)CC/C=C(\C)CC/C=C(\C)CC/C=C(\C)C(=O)O)=C(C)C1=O. The molecule has 0 unspecified atom stereocenters. The molecule has 0 saturated carbocycles. The summed E-state index contributed by atoms with van der Waals surface area (Å²) in [5.41, 5.74) is 9.53. The molecule has 0 amide bonds. The van der Waals surface area contributed by atoms with Crippen LogP contribution in [0.25, 0.3) is 0 Å². The first-order valence-electron chi connectivity index (χ1n) is 18.2. The molecule has 0 radical (unpaired) electrons. The summed E-state index contributed by atoms with van der Waals surface area (Å²) in [7, 11) is 2.76. The summed E-state index contributed by atoms with van der Waals surface area (Å²) >= 11 is 0. The number of allylic oxidation sites excluding steroid dienone is 15. The molecule has 0 aromatic rings. The Morgan fingerprint density at radius 1 is 0.520 bits per heavy atom. The summed E-state index contributed by atoms with van der Waals surface area (Å²) in [4.78, 5) is 36.3. The van der Waals surface area contributed by atoms with Crippen molar-refractivity contribution in [1.29, 1.82) is 0 Å². The second-order valence-corrected chi connectivity index (χ2v) is 13.8. The Morgan fingerprint density at radius 2 is 0.820 bits per heavy atom. The van der Waals surface area contributed by atoms with Crippen LogP contribution in [-0.2, 0) is 23.9 Å². The van der Waals surface area contributed by atoms with Gasteiger partial charge in [0.1, 0.15) is 0 Å². The third-order valence-electron chi connectivity index (χ3n) is 9.23. The lowest BCUT2D eigenvalue weighted by molar-refractivity contribution is -0.132. The third-order valence-corrected chi connectivity index (χ3v) is 9.23. The monoisotopic (exact) mass is 688 g/mol. The molecule has 0 aliphatic heterocycles. The maximum Gasteiger partial charge on any atom is 0.330 e. The zero-order valence-corrected chi connectivity index (χ0v) is 32.7. The number of methoxy groups -OCH3 is 2. The van der Waals surface area contributed by atoms with Crippen molar-refractivity contribution in [3.63, 3.8) is 0 Å². The van der Waals surface area contributed by atoms with E-state index in [2.05, 4.69) is 71.9 Å². The second-order valence-electron chi connectivity index (χ2n) is 13.8. The lowest BCUT2D eigenvalue weighted by Gasteiger charge is -2.19. The van der Waals surface area contributed by atoms with E-state index in [4.69, 9.17) is 14.6 Å². The highest BCUT2D eigenvalue weighted by Gasteiger charge is 2.34. The number of carbonyl (C=O) groups excluding carboxylic acids is 2. The van der Waals surface area contributed by atoms with Gasteiger partial charge in [-0.1, -0.05) is 76.0 Å². The zero-order chi connectivity index (χ0) is 37.6. The lowest BCUT2D eigenvalue weighted by atomic mass is 9.90. The maximum atomic E-state index is 12.8. The van der Waals surface area contributed by atoms with E-state index in [9.17, 15) is 14.4 Å². The van der Waals surface area contributed by atoms with Crippen molar-refractivity contribution < 1.29 is 29.0 Å². The van der Waals surface area contributed by atoms with Crippen LogP contribution in [0, 0.1) is 0 Å². The summed E-state index contributed by atoms with van der Waals surface area (Å²) in [5.74, 6) is -1.45. The number of carboxylic acid groups (broad SMARTS) is 1. The summed E-state index contributed by atoms with van der Waals surface area (Å²) in [6.45, 7) is 16.4. The van der Waals surface area contributed by atoms with E-state index in [0.717, 1.165) is 77.0 Å². The lowest BCUT2D eigenvalue weighted by Crippen LogP contribution is -2.24. The van der Waals surface area contributed by atoms with E-state index in [1.54, 1.807) is 19.9 Å². The Kier molecular flexibility index (Phi) is 21.4. The number of rotatable bonds is 23. The molecule has 276 valence electrons. The smallest absolute Gasteiger partial charge is 0.330 e. The molecule has 6 nitrogen and oxygen atoms in total. The van der Waals surface area contributed by atoms with E-state index in [0.29, 0.717) is 23.1 Å². The Morgan fingerprint density at radius 3 is 1.14 bits per heavy atom. The predicted octanol–water partition coefficient (Wildman–Crippen LogP) is 11.7. The number of hydrogen-bond donors (Lipinski definition) is 1. The molecule has 0 saturated heterocycles. The van der Waals surface area contributed by atoms with Gasteiger partial charge in [0.05, 0.1) is 14.2 Å². The standard InChI is InChI=1S/C44H64O6/c1-31(19-12-20-33(3)23-14-24-35(5)27-16-28-37(7)44(47)48)17-11-18-32(2)21-13-22-34(4)25-15-26-36(6)29-30-39-38(8)40(45)42(49-9)43(50-10)41(39)46/h17,20-21,24-25,28-29H,11-16,18-19,22-23,26-27,30H2,1-10H3,(H,47,48)/b31-17+,32-21+,33-20+,34-25+,35-24+,36-29+,37-28+. The number of hydrogen-bond acceptors (Lipinski definition) is 5. The van der Waals surface area contributed by atoms with Gasteiger partial charge in [-0.2, -0.15) is 0 Å². The normalized spacial score (nSPS) is 16.2. The van der Waals surface area contributed by atoms with Crippen LogP contribution in [0.2, 0.25) is 0 Å². The average molecular weight is 689 g/mol. The molecule has 1 aliphatic rings. The Labute approximate surface area is 303 Å². The summed E-state index contributed by atoms with van der Waals surface area (Å²) < 4.78 is 10.3. The van der Waals surface area contributed by atoms with Crippen molar-refractivity contribution in [2.45, 2.75) is 139 Å². The molecule has 6 heteroatoms. The van der Waals surface area contributed by atoms with Crippen molar-refractivity contribution in [2.24, 2.45) is 0 Å². The van der Waals surface area contributed by atoms with Gasteiger partial charge in [0.25, 0.3) is 0 Å². The topological polar surface area (TPSA) is 89.9 Å². The first-order chi connectivity index (χ1) is 23.7. The number of ether oxygens (including phenoxy) is 2. The molecular formula is C44H64O6. The van der Waals surface area contributed by atoms with Gasteiger partial charge in [-0.25, -0.2) is 4.79 Å². The Hall–Kier alpha value is -3.93. The highest BCUT2D eigenvalue weighted by Crippen LogP contribution is 2.28.